The molecular formula is C28H37O6P. The Balaban J connectivity index is 1.17. The third-order valence-electron chi connectivity index (χ3n) is 7.93. The van der Waals surface area contributed by atoms with Gasteiger partial charge >= 0.3 is 0 Å². The van der Waals surface area contributed by atoms with Crippen molar-refractivity contribution in [3.05, 3.63) is 59.2 Å². The van der Waals surface area contributed by atoms with E-state index in [2.05, 4.69) is 18.2 Å². The molecule has 2 unspecified atom stereocenters. The van der Waals surface area contributed by atoms with Gasteiger partial charge in [-0.1, -0.05) is 18.2 Å². The molecule has 1 aliphatic heterocycles. The normalized spacial score (nSPS) is 27.5. The summed E-state index contributed by atoms with van der Waals surface area (Å²) in [5.41, 5.74) is 3.55. The molecule has 2 aromatic carbocycles. The van der Waals surface area contributed by atoms with Crippen molar-refractivity contribution in [3.63, 3.8) is 0 Å². The average Bonchev–Trinajstić information content (AvgIpc) is 3.62. The van der Waals surface area contributed by atoms with Gasteiger partial charge in [0.2, 0.25) is 7.37 Å². The van der Waals surface area contributed by atoms with Crippen molar-refractivity contribution in [2.45, 2.75) is 68.7 Å². The minimum Gasteiger partial charge on any atom is -0.497 e. The molecule has 6 nitrogen and oxygen atoms in total. The molecule has 3 atom stereocenters. The van der Waals surface area contributed by atoms with Crippen LogP contribution in [0.4, 0.5) is 0 Å². The van der Waals surface area contributed by atoms with Crippen molar-refractivity contribution in [2.75, 3.05) is 26.5 Å². The molecule has 0 aromatic heterocycles. The molecular weight excluding hydrogens is 463 g/mol. The van der Waals surface area contributed by atoms with E-state index in [1.807, 2.05) is 12.1 Å². The fraction of sp³-hybridized carbons (Fsp3) is 0.571. The Labute approximate surface area is 208 Å². The van der Waals surface area contributed by atoms with Crippen molar-refractivity contribution in [1.29, 1.82) is 0 Å². The summed E-state index contributed by atoms with van der Waals surface area (Å²) >= 11 is 0. The maximum absolute atomic E-state index is 11.6. The highest BCUT2D eigenvalue weighted by Crippen LogP contribution is 2.59. The van der Waals surface area contributed by atoms with Gasteiger partial charge in [-0.2, -0.15) is 0 Å². The zero-order valence-corrected chi connectivity index (χ0v) is 21.6. The zero-order chi connectivity index (χ0) is 24.6. The maximum Gasteiger partial charge on any atom is 0.200 e. The van der Waals surface area contributed by atoms with E-state index in [4.69, 9.17) is 14.2 Å². The Morgan fingerprint density at radius 3 is 2.49 bits per heavy atom. The molecule has 1 heterocycles. The number of ether oxygens (including phenoxy) is 3. The summed E-state index contributed by atoms with van der Waals surface area (Å²) in [6.07, 6.45) is 7.12. The van der Waals surface area contributed by atoms with Crippen LogP contribution in [0.15, 0.2) is 42.5 Å². The van der Waals surface area contributed by atoms with Gasteiger partial charge in [0.1, 0.15) is 11.5 Å². The molecule has 2 aromatic rings. The minimum atomic E-state index is -3.29. The maximum atomic E-state index is 11.6. The minimum absolute atomic E-state index is 0.153. The molecule has 2 N–H and O–H groups in total. The molecule has 0 amide bonds. The first-order valence-electron chi connectivity index (χ1n) is 12.8. The van der Waals surface area contributed by atoms with Gasteiger partial charge in [0.25, 0.3) is 0 Å². The summed E-state index contributed by atoms with van der Waals surface area (Å²) in [6.45, 7) is 1.90. The van der Waals surface area contributed by atoms with Crippen molar-refractivity contribution in [3.8, 4) is 11.5 Å². The van der Waals surface area contributed by atoms with E-state index in [1.165, 1.54) is 30.6 Å². The summed E-state index contributed by atoms with van der Waals surface area (Å²) in [7, 11) is -1.57. The van der Waals surface area contributed by atoms with Crippen LogP contribution in [0.1, 0.15) is 79.8 Å². The lowest BCUT2D eigenvalue weighted by Crippen LogP contribution is -2.33. The number of hydrogen-bond acceptors (Lipinski definition) is 5. The smallest absolute Gasteiger partial charge is 0.200 e. The molecule has 3 aliphatic rings. The van der Waals surface area contributed by atoms with Crippen LogP contribution in [0.5, 0.6) is 11.5 Å². The Morgan fingerprint density at radius 2 is 1.83 bits per heavy atom. The van der Waals surface area contributed by atoms with Gasteiger partial charge < -0.3 is 24.2 Å². The van der Waals surface area contributed by atoms with Gasteiger partial charge in [0, 0.05) is 13.1 Å². The van der Waals surface area contributed by atoms with E-state index in [-0.39, 0.29) is 17.9 Å². The second kappa shape index (κ2) is 9.89. The van der Waals surface area contributed by atoms with Crippen LogP contribution in [0, 0.1) is 5.92 Å². The van der Waals surface area contributed by atoms with Gasteiger partial charge in [-0.25, -0.2) is 0 Å². The molecule has 2 saturated carbocycles. The molecule has 0 bridgehead atoms. The van der Waals surface area contributed by atoms with E-state index >= 15 is 0 Å². The van der Waals surface area contributed by atoms with Crippen molar-refractivity contribution in [1.82, 2.24) is 0 Å². The highest BCUT2D eigenvalue weighted by molar-refractivity contribution is 7.57. The molecule has 1 saturated heterocycles. The standard InChI is InChI=1S/C28H37O6P/c1-32-22-10-11-24(27-16-28(34-27)12-13-28)25(15-22)20-8-6-19(7-9-20)17-33-23-5-3-4-21(14-23)26(29)18-35(2,30)31/h3-5,10-11,14-15,19-20,26-27,29H,6-9,12-13,16-18H2,1-2H3,(H,30,31)/t19?,20?,26-,27?/m1/s1. The molecule has 35 heavy (non-hydrogen) atoms. The Kier molecular flexibility index (Phi) is 7.02. The zero-order valence-electron chi connectivity index (χ0n) is 20.7. The third-order valence-corrected chi connectivity index (χ3v) is 8.95. The quantitative estimate of drug-likeness (QED) is 0.412. The first-order valence-corrected chi connectivity index (χ1v) is 15.1. The molecule has 190 valence electrons. The van der Waals surface area contributed by atoms with E-state index in [0.717, 1.165) is 37.9 Å². The lowest BCUT2D eigenvalue weighted by Gasteiger charge is -2.39. The summed E-state index contributed by atoms with van der Waals surface area (Å²) in [5.74, 6) is 2.60. The largest absolute Gasteiger partial charge is 0.497 e. The molecule has 7 heteroatoms. The average molecular weight is 501 g/mol. The second-order valence-electron chi connectivity index (χ2n) is 10.8. The molecule has 5 rings (SSSR count). The fourth-order valence-electron chi connectivity index (χ4n) is 5.68. The molecule has 0 radical (unpaired) electrons. The monoisotopic (exact) mass is 500 g/mol. The molecule has 3 fully saturated rings. The molecule has 1 spiro atoms. The van der Waals surface area contributed by atoms with Crippen LogP contribution in [-0.2, 0) is 9.30 Å². The topological polar surface area (TPSA) is 85.2 Å². The van der Waals surface area contributed by atoms with Crippen LogP contribution >= 0.6 is 7.37 Å². The number of rotatable bonds is 9. The van der Waals surface area contributed by atoms with E-state index < -0.39 is 13.5 Å². The lowest BCUT2D eigenvalue weighted by molar-refractivity contribution is -0.147. The summed E-state index contributed by atoms with van der Waals surface area (Å²) < 4.78 is 29.5. The van der Waals surface area contributed by atoms with Crippen LogP contribution < -0.4 is 9.47 Å². The number of hydrogen-bond donors (Lipinski definition) is 2. The first-order chi connectivity index (χ1) is 16.7. The molecule has 2 aliphatic carbocycles. The Hall–Kier alpha value is -1.85. The van der Waals surface area contributed by atoms with Gasteiger partial charge in [-0.15, -0.1) is 0 Å². The van der Waals surface area contributed by atoms with Crippen molar-refractivity contribution >= 4 is 7.37 Å². The first kappa shape index (κ1) is 24.8. The van der Waals surface area contributed by atoms with E-state index in [9.17, 15) is 14.6 Å². The van der Waals surface area contributed by atoms with Crippen LogP contribution in [0.3, 0.4) is 0 Å². The highest BCUT2D eigenvalue weighted by Gasteiger charge is 2.55. The second-order valence-corrected chi connectivity index (χ2v) is 13.3. The number of aliphatic hydroxyl groups excluding tert-OH is 1. The summed E-state index contributed by atoms with van der Waals surface area (Å²) in [5, 5.41) is 10.3. The predicted molar refractivity (Wildman–Crippen MR) is 136 cm³/mol. The van der Waals surface area contributed by atoms with Crippen LogP contribution in [0.2, 0.25) is 0 Å². The highest BCUT2D eigenvalue weighted by atomic mass is 31.2. The fourth-order valence-corrected chi connectivity index (χ4v) is 6.54. The number of benzene rings is 2. The van der Waals surface area contributed by atoms with E-state index in [1.54, 1.807) is 19.2 Å². The van der Waals surface area contributed by atoms with Crippen molar-refractivity contribution < 1.29 is 28.8 Å². The van der Waals surface area contributed by atoms with Crippen molar-refractivity contribution in [2.24, 2.45) is 5.92 Å². The van der Waals surface area contributed by atoms with Crippen LogP contribution in [0.25, 0.3) is 0 Å². The lowest BCUT2D eigenvalue weighted by atomic mass is 9.76. The number of aliphatic hydroxyl groups is 1. The third kappa shape index (κ3) is 5.94. The van der Waals surface area contributed by atoms with Gasteiger partial charge in [-0.3, -0.25) is 4.57 Å². The van der Waals surface area contributed by atoms with E-state index in [0.29, 0.717) is 29.8 Å². The summed E-state index contributed by atoms with van der Waals surface area (Å²) in [6, 6.07) is 13.7. The van der Waals surface area contributed by atoms with Crippen LogP contribution in [-0.4, -0.2) is 42.1 Å². The van der Waals surface area contributed by atoms with Gasteiger partial charge in [0.05, 0.1) is 37.7 Å². The Bertz CT molecular complexity index is 1070. The van der Waals surface area contributed by atoms with Gasteiger partial charge in [0.15, 0.2) is 0 Å². The SMILES string of the molecule is COc1ccc(C2CC3(CC3)O2)c(C2CCC(COc3cccc([C@H](O)CP(C)(=O)O)c3)CC2)c1. The summed E-state index contributed by atoms with van der Waals surface area (Å²) in [4.78, 5) is 9.57. The predicted octanol–water partition coefficient (Wildman–Crippen LogP) is 5.98. The van der Waals surface area contributed by atoms with Gasteiger partial charge in [-0.05, 0) is 91.3 Å². The Morgan fingerprint density at radius 1 is 1.09 bits per heavy atom. The number of methoxy groups -OCH3 is 1.